The summed E-state index contributed by atoms with van der Waals surface area (Å²) < 4.78 is 6.74. The molecule has 2 aromatic carbocycles. The largest absolute Gasteiger partial charge is 0.490 e. The van der Waals surface area contributed by atoms with Gasteiger partial charge >= 0.3 is 0 Å². The standard InChI is InChI=1S/C20H23BrN2O2/c1-14(2)25-19-12-15(21)8-9-18(19)20(24)23-11-10-17(13-23)22-16-6-4-3-5-7-16/h3-9,12,14,17,22H,10-11,13H2,1-2H3. The van der Waals surface area contributed by atoms with Crippen LogP contribution in [-0.4, -0.2) is 36.0 Å². The Morgan fingerprint density at radius 2 is 2.00 bits per heavy atom. The van der Waals surface area contributed by atoms with E-state index in [0.29, 0.717) is 17.9 Å². The van der Waals surface area contributed by atoms with Crippen LogP contribution in [0, 0.1) is 0 Å². The molecule has 5 heteroatoms. The van der Waals surface area contributed by atoms with Crippen LogP contribution in [0.1, 0.15) is 30.6 Å². The summed E-state index contributed by atoms with van der Waals surface area (Å²) in [4.78, 5) is 14.9. The summed E-state index contributed by atoms with van der Waals surface area (Å²) in [5, 5.41) is 3.50. The number of para-hydroxylation sites is 1. The van der Waals surface area contributed by atoms with E-state index in [1.165, 1.54) is 0 Å². The van der Waals surface area contributed by atoms with Crippen molar-refractivity contribution in [2.45, 2.75) is 32.4 Å². The second kappa shape index (κ2) is 7.91. The van der Waals surface area contributed by atoms with Crippen LogP contribution in [0.5, 0.6) is 5.75 Å². The number of benzene rings is 2. The van der Waals surface area contributed by atoms with Crippen molar-refractivity contribution in [3.63, 3.8) is 0 Å². The summed E-state index contributed by atoms with van der Waals surface area (Å²) in [7, 11) is 0. The number of nitrogens with zero attached hydrogens (tertiary/aromatic N) is 1. The molecule has 0 bridgehead atoms. The summed E-state index contributed by atoms with van der Waals surface area (Å²) in [6.45, 7) is 5.38. The van der Waals surface area contributed by atoms with Crippen molar-refractivity contribution in [1.82, 2.24) is 4.90 Å². The lowest BCUT2D eigenvalue weighted by Gasteiger charge is -2.20. The topological polar surface area (TPSA) is 41.6 Å². The number of carbonyl (C=O) groups excluding carboxylic acids is 1. The lowest BCUT2D eigenvalue weighted by molar-refractivity contribution is 0.0785. The van der Waals surface area contributed by atoms with Gasteiger partial charge in [0.15, 0.2) is 0 Å². The minimum Gasteiger partial charge on any atom is -0.490 e. The van der Waals surface area contributed by atoms with Crippen LogP contribution in [0.25, 0.3) is 0 Å². The maximum Gasteiger partial charge on any atom is 0.257 e. The number of amides is 1. The first-order chi connectivity index (χ1) is 12.0. The van der Waals surface area contributed by atoms with Gasteiger partial charge < -0.3 is 15.0 Å². The molecule has 1 heterocycles. The summed E-state index contributed by atoms with van der Waals surface area (Å²) in [5.41, 5.74) is 1.71. The second-order valence-corrected chi connectivity index (χ2v) is 7.47. The Hall–Kier alpha value is -2.01. The number of hydrogen-bond acceptors (Lipinski definition) is 3. The van der Waals surface area contributed by atoms with Crippen molar-refractivity contribution in [2.75, 3.05) is 18.4 Å². The molecule has 0 aromatic heterocycles. The highest BCUT2D eigenvalue weighted by Gasteiger charge is 2.28. The molecule has 0 aliphatic carbocycles. The van der Waals surface area contributed by atoms with Gasteiger partial charge in [0.25, 0.3) is 5.91 Å². The van der Waals surface area contributed by atoms with Gasteiger partial charge in [-0.2, -0.15) is 0 Å². The Kier molecular flexibility index (Phi) is 5.63. The van der Waals surface area contributed by atoms with Crippen molar-refractivity contribution >= 4 is 27.5 Å². The Morgan fingerprint density at radius 3 is 2.72 bits per heavy atom. The first-order valence-electron chi connectivity index (χ1n) is 8.60. The average Bonchev–Trinajstić information content (AvgIpc) is 3.03. The molecule has 1 saturated heterocycles. The van der Waals surface area contributed by atoms with Gasteiger partial charge in [0.2, 0.25) is 0 Å². The molecule has 1 aliphatic heterocycles. The molecule has 0 saturated carbocycles. The van der Waals surface area contributed by atoms with Crippen molar-refractivity contribution in [3.05, 3.63) is 58.6 Å². The van der Waals surface area contributed by atoms with Crippen LogP contribution >= 0.6 is 15.9 Å². The Bertz CT molecular complexity index is 734. The van der Waals surface area contributed by atoms with Gasteiger partial charge in [-0.05, 0) is 50.6 Å². The lowest BCUT2D eigenvalue weighted by atomic mass is 10.1. The van der Waals surface area contributed by atoms with Crippen molar-refractivity contribution in [2.24, 2.45) is 0 Å². The summed E-state index contributed by atoms with van der Waals surface area (Å²) in [6, 6.07) is 16.0. The Labute approximate surface area is 157 Å². The SMILES string of the molecule is CC(C)Oc1cc(Br)ccc1C(=O)N1CCC(Nc2ccccc2)C1. The Morgan fingerprint density at radius 1 is 1.24 bits per heavy atom. The summed E-state index contributed by atoms with van der Waals surface area (Å²) >= 11 is 3.45. The van der Waals surface area contributed by atoms with E-state index in [-0.39, 0.29) is 18.1 Å². The number of nitrogens with one attached hydrogen (secondary N) is 1. The third kappa shape index (κ3) is 4.54. The maximum absolute atomic E-state index is 13.0. The Balaban J connectivity index is 1.70. The molecular weight excluding hydrogens is 380 g/mol. The van der Waals surface area contributed by atoms with Crippen molar-refractivity contribution < 1.29 is 9.53 Å². The number of halogens is 1. The molecule has 1 fully saturated rings. The molecule has 1 unspecified atom stereocenters. The molecular formula is C20H23BrN2O2. The number of ether oxygens (including phenoxy) is 1. The van der Waals surface area contributed by atoms with Crippen LogP contribution in [0.15, 0.2) is 53.0 Å². The van der Waals surface area contributed by atoms with Gasteiger partial charge in [0.1, 0.15) is 5.75 Å². The van der Waals surface area contributed by atoms with E-state index in [1.54, 1.807) is 0 Å². The van der Waals surface area contributed by atoms with Gasteiger partial charge in [0, 0.05) is 29.3 Å². The molecule has 1 atom stereocenters. The maximum atomic E-state index is 13.0. The van der Waals surface area contributed by atoms with Gasteiger partial charge in [-0.25, -0.2) is 0 Å². The highest BCUT2D eigenvalue weighted by atomic mass is 79.9. The zero-order valence-corrected chi connectivity index (χ0v) is 16.1. The highest BCUT2D eigenvalue weighted by molar-refractivity contribution is 9.10. The normalized spacial score (nSPS) is 17.0. The van der Waals surface area contributed by atoms with E-state index in [2.05, 4.69) is 21.2 Å². The van der Waals surface area contributed by atoms with Crippen molar-refractivity contribution in [1.29, 1.82) is 0 Å². The number of hydrogen-bond donors (Lipinski definition) is 1. The summed E-state index contributed by atoms with van der Waals surface area (Å²) in [5.74, 6) is 0.661. The quantitative estimate of drug-likeness (QED) is 0.796. The molecule has 0 radical (unpaired) electrons. The molecule has 0 spiro atoms. The van der Waals surface area contributed by atoms with E-state index in [1.807, 2.05) is 67.3 Å². The molecule has 132 valence electrons. The number of carbonyl (C=O) groups is 1. The number of anilines is 1. The molecule has 4 nitrogen and oxygen atoms in total. The molecule has 25 heavy (non-hydrogen) atoms. The highest BCUT2D eigenvalue weighted by Crippen LogP contribution is 2.27. The van der Waals surface area contributed by atoms with E-state index in [9.17, 15) is 4.79 Å². The van der Waals surface area contributed by atoms with E-state index < -0.39 is 0 Å². The predicted octanol–water partition coefficient (Wildman–Crippen LogP) is 4.56. The van der Waals surface area contributed by atoms with Crippen LogP contribution in [0.3, 0.4) is 0 Å². The predicted molar refractivity (Wildman–Crippen MR) is 104 cm³/mol. The molecule has 3 rings (SSSR count). The van der Waals surface area contributed by atoms with Gasteiger partial charge in [-0.15, -0.1) is 0 Å². The summed E-state index contributed by atoms with van der Waals surface area (Å²) in [6.07, 6.45) is 0.962. The van der Waals surface area contributed by atoms with Crippen LogP contribution in [0.2, 0.25) is 0 Å². The first kappa shape index (κ1) is 17.8. The average molecular weight is 403 g/mol. The smallest absolute Gasteiger partial charge is 0.257 e. The molecule has 1 N–H and O–H groups in total. The lowest BCUT2D eigenvalue weighted by Crippen LogP contribution is -2.32. The van der Waals surface area contributed by atoms with Gasteiger partial charge in [0.05, 0.1) is 11.7 Å². The van der Waals surface area contributed by atoms with Gasteiger partial charge in [-0.1, -0.05) is 34.1 Å². The monoisotopic (exact) mass is 402 g/mol. The third-order valence-electron chi connectivity index (χ3n) is 4.16. The van der Waals surface area contributed by atoms with E-state index in [0.717, 1.165) is 23.1 Å². The van der Waals surface area contributed by atoms with Crippen LogP contribution in [0.4, 0.5) is 5.69 Å². The third-order valence-corrected chi connectivity index (χ3v) is 4.65. The van der Waals surface area contributed by atoms with E-state index in [4.69, 9.17) is 4.74 Å². The van der Waals surface area contributed by atoms with Crippen molar-refractivity contribution in [3.8, 4) is 5.75 Å². The zero-order chi connectivity index (χ0) is 17.8. The van der Waals surface area contributed by atoms with Crippen LogP contribution in [-0.2, 0) is 0 Å². The first-order valence-corrected chi connectivity index (χ1v) is 9.39. The van der Waals surface area contributed by atoms with Gasteiger partial charge in [-0.3, -0.25) is 4.79 Å². The number of likely N-dealkylation sites (tertiary alicyclic amines) is 1. The fourth-order valence-electron chi connectivity index (χ4n) is 3.03. The van der Waals surface area contributed by atoms with E-state index >= 15 is 0 Å². The zero-order valence-electron chi connectivity index (χ0n) is 14.5. The second-order valence-electron chi connectivity index (χ2n) is 6.55. The minimum atomic E-state index is 0.0203. The molecule has 1 amide bonds. The minimum absolute atomic E-state index is 0.0203. The fraction of sp³-hybridized carbons (Fsp3) is 0.350. The van der Waals surface area contributed by atoms with Crippen LogP contribution < -0.4 is 10.1 Å². The number of rotatable bonds is 5. The molecule has 2 aromatic rings. The molecule has 1 aliphatic rings. The fourth-order valence-corrected chi connectivity index (χ4v) is 3.37.